The third-order valence-electron chi connectivity index (χ3n) is 6.68. The van der Waals surface area contributed by atoms with Gasteiger partial charge < -0.3 is 9.47 Å². The van der Waals surface area contributed by atoms with Crippen LogP contribution >= 0.6 is 0 Å². The van der Waals surface area contributed by atoms with Crippen molar-refractivity contribution >= 4 is 5.69 Å². The molecule has 0 radical (unpaired) electrons. The first-order valence-electron chi connectivity index (χ1n) is 13.6. The predicted molar refractivity (Wildman–Crippen MR) is 153 cm³/mol. The molecule has 0 atom stereocenters. The Morgan fingerprint density at radius 2 is 0.875 bits per heavy atom. The Morgan fingerprint density at radius 3 is 1.30 bits per heavy atom. The Labute approximate surface area is 234 Å². The number of nitrogens with zero attached hydrogens (tertiary/aromatic N) is 1. The maximum atomic E-state index is 13.5. The number of benzene rings is 4. The molecule has 4 aromatic carbocycles. The van der Waals surface area contributed by atoms with Gasteiger partial charge in [-0.1, -0.05) is 80.6 Å². The van der Waals surface area contributed by atoms with Crippen LogP contribution in [-0.2, 0) is 0 Å². The molecule has 0 saturated heterocycles. The van der Waals surface area contributed by atoms with Crippen molar-refractivity contribution in [1.82, 2.24) is 0 Å². The van der Waals surface area contributed by atoms with Crippen molar-refractivity contribution in [2.24, 2.45) is 0 Å². The molecule has 0 aromatic heterocycles. The molecule has 0 aliphatic rings. The maximum absolute atomic E-state index is 13.5. The van der Waals surface area contributed by atoms with Gasteiger partial charge in [0.2, 0.25) is 0 Å². The van der Waals surface area contributed by atoms with Gasteiger partial charge in [-0.05, 0) is 71.5 Å². The van der Waals surface area contributed by atoms with Crippen molar-refractivity contribution in [1.29, 1.82) is 0 Å². The molecule has 0 amide bonds. The van der Waals surface area contributed by atoms with E-state index >= 15 is 0 Å². The van der Waals surface area contributed by atoms with E-state index in [9.17, 15) is 13.2 Å². The summed E-state index contributed by atoms with van der Waals surface area (Å²) in [5.41, 5.74) is 3.70. The van der Waals surface area contributed by atoms with Gasteiger partial charge in [-0.15, -0.1) is 0 Å². The molecule has 3 nitrogen and oxygen atoms in total. The molecule has 206 valence electrons. The Morgan fingerprint density at radius 1 is 0.500 bits per heavy atom. The second-order valence-electron chi connectivity index (χ2n) is 9.63. The first kappa shape index (κ1) is 28.8. The van der Waals surface area contributed by atoms with E-state index < -0.39 is 17.5 Å². The summed E-state index contributed by atoms with van der Waals surface area (Å²) in [5, 5.41) is 0. The SMILES string of the molecule is [C-]#[N+]c1ccc(-c2ccc(OCCCCCCCCCOc3ccc(-c4cc(F)c(F)c(F)c4)cc3)cc2)cc1. The molecule has 6 heteroatoms. The quantitative estimate of drug-likeness (QED) is 0.0897. The lowest BCUT2D eigenvalue weighted by Gasteiger charge is -2.09. The van der Waals surface area contributed by atoms with Gasteiger partial charge in [-0.3, -0.25) is 0 Å². The van der Waals surface area contributed by atoms with Crippen LogP contribution in [-0.4, -0.2) is 13.2 Å². The van der Waals surface area contributed by atoms with E-state index in [1.807, 2.05) is 48.5 Å². The predicted octanol–water partition coefficient (Wildman–Crippen LogP) is 10.2. The molecule has 4 aromatic rings. The molecule has 0 fully saturated rings. The number of unbranched alkanes of at least 4 members (excludes halogenated alkanes) is 6. The average Bonchev–Trinajstić information content (AvgIpc) is 2.99. The molecule has 0 N–H and O–H groups in total. The van der Waals surface area contributed by atoms with E-state index in [0.717, 1.165) is 61.1 Å². The van der Waals surface area contributed by atoms with Crippen molar-refractivity contribution in [3.8, 4) is 33.8 Å². The van der Waals surface area contributed by atoms with Gasteiger partial charge in [0, 0.05) is 0 Å². The normalized spacial score (nSPS) is 10.8. The zero-order chi connectivity index (χ0) is 28.2. The Balaban J connectivity index is 1.03. The highest BCUT2D eigenvalue weighted by Gasteiger charge is 2.11. The fourth-order valence-electron chi connectivity index (χ4n) is 4.41. The Kier molecular flexibility index (Phi) is 10.6. The van der Waals surface area contributed by atoms with Crippen molar-refractivity contribution in [2.45, 2.75) is 44.9 Å². The van der Waals surface area contributed by atoms with Crippen LogP contribution < -0.4 is 9.47 Å². The van der Waals surface area contributed by atoms with E-state index in [1.165, 1.54) is 12.8 Å². The number of hydrogen-bond acceptors (Lipinski definition) is 2. The van der Waals surface area contributed by atoms with E-state index in [4.69, 9.17) is 16.0 Å². The van der Waals surface area contributed by atoms with Crippen LogP contribution in [0.5, 0.6) is 11.5 Å². The molecule has 0 bridgehead atoms. The molecule has 40 heavy (non-hydrogen) atoms. The summed E-state index contributed by atoms with van der Waals surface area (Å²) >= 11 is 0. The van der Waals surface area contributed by atoms with Gasteiger partial charge in [-0.25, -0.2) is 18.0 Å². The third kappa shape index (κ3) is 8.38. The second-order valence-corrected chi connectivity index (χ2v) is 9.63. The summed E-state index contributed by atoms with van der Waals surface area (Å²) in [6.45, 7) is 8.36. The smallest absolute Gasteiger partial charge is 0.194 e. The van der Waals surface area contributed by atoms with Gasteiger partial charge >= 0.3 is 0 Å². The van der Waals surface area contributed by atoms with Crippen molar-refractivity contribution < 1.29 is 22.6 Å². The van der Waals surface area contributed by atoms with Gasteiger partial charge in [0.05, 0.1) is 19.8 Å². The summed E-state index contributed by atoms with van der Waals surface area (Å²) in [6, 6.07) is 24.5. The monoisotopic (exact) mass is 543 g/mol. The summed E-state index contributed by atoms with van der Waals surface area (Å²) in [6.07, 6.45) is 7.72. The molecular formula is C34H32F3NO2. The highest BCUT2D eigenvalue weighted by atomic mass is 19.2. The highest BCUT2D eigenvalue weighted by molar-refractivity contribution is 5.67. The summed E-state index contributed by atoms with van der Waals surface area (Å²) < 4.78 is 51.7. The minimum atomic E-state index is -1.46. The van der Waals surface area contributed by atoms with Crippen LogP contribution in [0.4, 0.5) is 18.9 Å². The Bertz CT molecular complexity index is 1370. The third-order valence-corrected chi connectivity index (χ3v) is 6.68. The molecule has 0 heterocycles. The minimum absolute atomic E-state index is 0.282. The van der Waals surface area contributed by atoms with Gasteiger partial charge in [0.15, 0.2) is 23.1 Å². The Hall–Kier alpha value is -4.24. The zero-order valence-corrected chi connectivity index (χ0v) is 22.3. The van der Waals surface area contributed by atoms with E-state index in [1.54, 1.807) is 24.3 Å². The van der Waals surface area contributed by atoms with E-state index in [2.05, 4.69) is 4.85 Å². The molecule has 0 spiro atoms. The van der Waals surface area contributed by atoms with Crippen molar-refractivity contribution in [3.05, 3.63) is 114 Å². The van der Waals surface area contributed by atoms with Crippen LogP contribution in [0.2, 0.25) is 0 Å². The molecule has 0 saturated carbocycles. The summed E-state index contributed by atoms with van der Waals surface area (Å²) in [5.74, 6) is -2.30. The lowest BCUT2D eigenvalue weighted by Crippen LogP contribution is -1.98. The lowest BCUT2D eigenvalue weighted by atomic mass is 10.1. The van der Waals surface area contributed by atoms with Crippen LogP contribution in [0.25, 0.3) is 27.1 Å². The topological polar surface area (TPSA) is 22.8 Å². The van der Waals surface area contributed by atoms with Gasteiger partial charge in [0.25, 0.3) is 0 Å². The zero-order valence-electron chi connectivity index (χ0n) is 22.3. The van der Waals surface area contributed by atoms with Gasteiger partial charge in [0.1, 0.15) is 11.5 Å². The summed E-state index contributed by atoms with van der Waals surface area (Å²) in [4.78, 5) is 3.42. The van der Waals surface area contributed by atoms with Crippen molar-refractivity contribution in [3.63, 3.8) is 0 Å². The standard InChI is InChI=1S/C34H32F3NO2/c1-38-29-15-9-25(10-16-29)26-11-17-30(18-12-26)39-21-7-5-3-2-4-6-8-22-40-31-19-13-27(14-20-31)28-23-32(35)34(37)33(36)24-28/h9-20,23-24H,2-8,21-22H2. The molecule has 0 aliphatic heterocycles. The molecule has 4 rings (SSSR count). The van der Waals surface area contributed by atoms with E-state index in [0.29, 0.717) is 30.2 Å². The fraction of sp³-hybridized carbons (Fsp3) is 0.265. The summed E-state index contributed by atoms with van der Waals surface area (Å²) in [7, 11) is 0. The van der Waals surface area contributed by atoms with E-state index in [-0.39, 0.29) is 5.56 Å². The van der Waals surface area contributed by atoms with Crippen LogP contribution in [0.3, 0.4) is 0 Å². The largest absolute Gasteiger partial charge is 0.494 e. The highest BCUT2D eigenvalue weighted by Crippen LogP contribution is 2.27. The van der Waals surface area contributed by atoms with Gasteiger partial charge in [-0.2, -0.15) is 0 Å². The number of hydrogen-bond donors (Lipinski definition) is 0. The maximum Gasteiger partial charge on any atom is 0.194 e. The van der Waals surface area contributed by atoms with Crippen LogP contribution in [0.15, 0.2) is 84.9 Å². The first-order chi connectivity index (χ1) is 19.5. The van der Waals surface area contributed by atoms with Crippen LogP contribution in [0.1, 0.15) is 44.9 Å². The van der Waals surface area contributed by atoms with Crippen LogP contribution in [0, 0.1) is 24.0 Å². The molecular weight excluding hydrogens is 511 g/mol. The lowest BCUT2D eigenvalue weighted by molar-refractivity contribution is 0.300. The average molecular weight is 544 g/mol. The minimum Gasteiger partial charge on any atom is -0.494 e. The molecule has 0 unspecified atom stereocenters. The molecule has 0 aliphatic carbocycles. The first-order valence-corrected chi connectivity index (χ1v) is 13.6. The number of rotatable bonds is 14. The second kappa shape index (κ2) is 14.8. The number of halogens is 3. The number of ether oxygens (including phenoxy) is 2. The van der Waals surface area contributed by atoms with Crippen molar-refractivity contribution in [2.75, 3.05) is 13.2 Å². The fourth-order valence-corrected chi connectivity index (χ4v) is 4.41.